The Bertz CT molecular complexity index is 626. The van der Waals surface area contributed by atoms with Gasteiger partial charge in [0.05, 0.1) is 0 Å². The third-order valence-electron chi connectivity index (χ3n) is 3.00. The molecule has 0 unspecified atom stereocenters. The first-order chi connectivity index (χ1) is 9.33. The molecule has 0 spiro atoms. The van der Waals surface area contributed by atoms with E-state index in [-0.39, 0.29) is 40.0 Å². The molecule has 0 aliphatic heterocycles. The van der Waals surface area contributed by atoms with Crippen molar-refractivity contribution in [2.24, 2.45) is 0 Å². The Labute approximate surface area is 157 Å². The summed E-state index contributed by atoms with van der Waals surface area (Å²) in [5.41, 5.74) is 4.29. The minimum atomic E-state index is 0. The van der Waals surface area contributed by atoms with Gasteiger partial charge in [-0.05, 0) is 5.02 Å². The van der Waals surface area contributed by atoms with Gasteiger partial charge >= 0.3 is 23.1 Å². The fourth-order valence-electron chi connectivity index (χ4n) is 2.08. The summed E-state index contributed by atoms with van der Waals surface area (Å²) in [4.78, 5) is 0. The maximum absolute atomic E-state index is 6.23. The van der Waals surface area contributed by atoms with E-state index >= 15 is 0 Å². The summed E-state index contributed by atoms with van der Waals surface area (Å²) < 4.78 is 0. The molecule has 0 saturated heterocycles. The molecule has 0 saturated carbocycles. The largest absolute Gasteiger partial charge is 2.00 e. The maximum atomic E-state index is 6.23. The van der Waals surface area contributed by atoms with Crippen LogP contribution in [0.3, 0.4) is 0 Å². The van der Waals surface area contributed by atoms with Crippen molar-refractivity contribution in [1.29, 1.82) is 0 Å². The van der Waals surface area contributed by atoms with E-state index < -0.39 is 0 Å². The zero-order valence-electron chi connectivity index (χ0n) is 11.4. The zero-order chi connectivity index (χ0) is 13.1. The van der Waals surface area contributed by atoms with E-state index in [2.05, 4.69) is 30.3 Å². The Kier molecular flexibility index (Phi) is 7.47. The van der Waals surface area contributed by atoms with Crippen molar-refractivity contribution < 1.29 is 17.0 Å². The summed E-state index contributed by atoms with van der Waals surface area (Å²) in [5.74, 6) is 0. The molecule has 3 rings (SSSR count). The van der Waals surface area contributed by atoms with Crippen molar-refractivity contribution in [1.82, 2.24) is 0 Å². The molecule has 0 aromatic heterocycles. The fourth-order valence-corrected chi connectivity index (χ4v) is 2.30. The predicted molar refractivity (Wildman–Crippen MR) is 86.9 cm³/mol. The molecule has 3 heteroatoms. The van der Waals surface area contributed by atoms with E-state index in [1.807, 2.05) is 48.5 Å². The molecule has 0 N–H and O–H groups in total. The number of benzene rings is 3. The number of hydrogen-bond acceptors (Lipinski definition) is 0. The van der Waals surface area contributed by atoms with Crippen molar-refractivity contribution in [2.45, 2.75) is 0 Å². The molecule has 0 nitrogen and oxygen atoms in total. The molecular formula is C18H12BrClMg. The summed E-state index contributed by atoms with van der Waals surface area (Å²) in [5, 5.41) is 0.733. The van der Waals surface area contributed by atoms with Crippen molar-refractivity contribution in [3.63, 3.8) is 0 Å². The summed E-state index contributed by atoms with van der Waals surface area (Å²) >= 11 is 6.23. The van der Waals surface area contributed by atoms with Gasteiger partial charge in [-0.2, -0.15) is 0 Å². The molecule has 100 valence electrons. The van der Waals surface area contributed by atoms with Crippen LogP contribution in [-0.2, 0) is 0 Å². The van der Waals surface area contributed by atoms with Gasteiger partial charge in [0.25, 0.3) is 0 Å². The Morgan fingerprint density at radius 2 is 1.05 bits per heavy atom. The zero-order valence-corrected chi connectivity index (χ0v) is 15.1. The van der Waals surface area contributed by atoms with Crippen LogP contribution in [0.5, 0.6) is 0 Å². The second-order valence-corrected chi connectivity index (χ2v) is 4.79. The molecule has 3 aromatic carbocycles. The van der Waals surface area contributed by atoms with E-state index in [9.17, 15) is 0 Å². The molecule has 0 heterocycles. The number of rotatable bonds is 2. The number of hydrogen-bond donors (Lipinski definition) is 0. The molecule has 0 aliphatic rings. The first kappa shape index (κ1) is 18.2. The van der Waals surface area contributed by atoms with Crippen LogP contribution >= 0.6 is 11.6 Å². The van der Waals surface area contributed by atoms with Gasteiger partial charge in [0.2, 0.25) is 0 Å². The second kappa shape index (κ2) is 8.59. The third kappa shape index (κ3) is 4.58. The molecule has 0 fully saturated rings. The Hall–Kier alpha value is -0.804. The van der Waals surface area contributed by atoms with Crippen LogP contribution < -0.4 is 17.0 Å². The normalized spacial score (nSPS) is 9.38. The summed E-state index contributed by atoms with van der Waals surface area (Å²) in [6, 6.07) is 27.7. The maximum Gasteiger partial charge on any atom is 2.00 e. The first-order valence-corrected chi connectivity index (χ1v) is 6.54. The molecule has 0 amide bonds. The monoisotopic (exact) mass is 366 g/mol. The van der Waals surface area contributed by atoms with E-state index in [1.54, 1.807) is 0 Å². The Morgan fingerprint density at radius 1 is 0.667 bits per heavy atom. The Morgan fingerprint density at radius 3 is 1.43 bits per heavy atom. The van der Waals surface area contributed by atoms with Gasteiger partial charge in [0.15, 0.2) is 0 Å². The topological polar surface area (TPSA) is 0 Å². The van der Waals surface area contributed by atoms with Crippen LogP contribution in [-0.4, -0.2) is 23.1 Å². The molecule has 0 radical (unpaired) electrons. The van der Waals surface area contributed by atoms with Crippen LogP contribution in [0.2, 0.25) is 5.02 Å². The average Bonchev–Trinajstić information content (AvgIpc) is 2.48. The fraction of sp³-hybridized carbons (Fsp3) is 0. The van der Waals surface area contributed by atoms with Crippen molar-refractivity contribution in [2.75, 3.05) is 0 Å². The average molecular weight is 368 g/mol. The molecular weight excluding hydrogens is 356 g/mol. The molecule has 0 bridgehead atoms. The van der Waals surface area contributed by atoms with E-state index in [4.69, 9.17) is 11.6 Å². The SMILES string of the molecule is Clc1cc(-c2ccccc2)[c-]c(-c2ccccc2)c1.[Br-].[Mg+2]. The van der Waals surface area contributed by atoms with E-state index in [0.717, 1.165) is 27.3 Å². The van der Waals surface area contributed by atoms with Crippen LogP contribution in [0.4, 0.5) is 0 Å². The molecule has 0 atom stereocenters. The van der Waals surface area contributed by atoms with Crippen molar-refractivity contribution in [3.8, 4) is 22.3 Å². The molecule has 0 aliphatic carbocycles. The second-order valence-electron chi connectivity index (χ2n) is 4.36. The van der Waals surface area contributed by atoms with Crippen LogP contribution in [0, 0.1) is 6.07 Å². The number of halogens is 2. The van der Waals surface area contributed by atoms with Crippen LogP contribution in [0.1, 0.15) is 0 Å². The van der Waals surface area contributed by atoms with Gasteiger partial charge in [0.1, 0.15) is 0 Å². The van der Waals surface area contributed by atoms with Crippen molar-refractivity contribution in [3.05, 3.63) is 83.9 Å². The smallest absolute Gasteiger partial charge is 1.00 e. The Balaban J connectivity index is 0.00000110. The van der Waals surface area contributed by atoms with Crippen molar-refractivity contribution >= 4 is 34.7 Å². The summed E-state index contributed by atoms with van der Waals surface area (Å²) in [6.07, 6.45) is 0. The summed E-state index contributed by atoms with van der Waals surface area (Å²) in [7, 11) is 0. The minimum absolute atomic E-state index is 0. The van der Waals surface area contributed by atoms with Gasteiger partial charge in [-0.25, -0.2) is 0 Å². The van der Waals surface area contributed by atoms with Crippen LogP contribution in [0.15, 0.2) is 72.8 Å². The van der Waals surface area contributed by atoms with Gasteiger partial charge in [0, 0.05) is 0 Å². The quantitative estimate of drug-likeness (QED) is 0.480. The first-order valence-electron chi connectivity index (χ1n) is 6.17. The summed E-state index contributed by atoms with van der Waals surface area (Å²) in [6.45, 7) is 0. The van der Waals surface area contributed by atoms with E-state index in [1.165, 1.54) is 0 Å². The van der Waals surface area contributed by atoms with Gasteiger partial charge < -0.3 is 17.0 Å². The van der Waals surface area contributed by atoms with Gasteiger partial charge in [-0.15, -0.1) is 40.9 Å². The third-order valence-corrected chi connectivity index (χ3v) is 3.22. The predicted octanol–water partition coefficient (Wildman–Crippen LogP) is 2.10. The molecule has 3 aromatic rings. The van der Waals surface area contributed by atoms with Crippen LogP contribution in [0.25, 0.3) is 22.3 Å². The van der Waals surface area contributed by atoms with E-state index in [0.29, 0.717) is 0 Å². The van der Waals surface area contributed by atoms with Gasteiger partial charge in [-0.3, -0.25) is 0 Å². The van der Waals surface area contributed by atoms with Gasteiger partial charge in [-0.1, -0.05) is 71.8 Å². The standard InChI is InChI=1S/C18H12Cl.BrH.Mg/c19-18-12-16(14-7-3-1-4-8-14)11-17(13-18)15-9-5-2-6-10-15;;/h1-10,12-13H;1H;/q-1;;+2/p-1. The minimum Gasteiger partial charge on any atom is -1.00 e. The molecule has 21 heavy (non-hydrogen) atoms.